The zero-order valence-electron chi connectivity index (χ0n) is 15.4. The number of pyridine rings is 1. The summed E-state index contributed by atoms with van der Waals surface area (Å²) in [7, 11) is 0. The SMILES string of the molecule is NCC(=O)C(Cc1noc2ccccc12)NC(=O)c1cncn1-c1ccccn1. The van der Waals surface area contributed by atoms with E-state index in [-0.39, 0.29) is 24.4 Å². The minimum Gasteiger partial charge on any atom is -0.356 e. The number of rotatable bonds is 7. The molecule has 3 N–H and O–H groups in total. The van der Waals surface area contributed by atoms with E-state index in [1.54, 1.807) is 35.0 Å². The Morgan fingerprint density at radius 2 is 2.00 bits per heavy atom. The molecule has 4 aromatic rings. The van der Waals surface area contributed by atoms with Crippen molar-refractivity contribution in [2.45, 2.75) is 12.5 Å². The Hall–Kier alpha value is -3.85. The molecule has 0 aliphatic rings. The van der Waals surface area contributed by atoms with Crippen LogP contribution in [0.15, 0.2) is 65.7 Å². The summed E-state index contributed by atoms with van der Waals surface area (Å²) in [4.78, 5) is 33.5. The van der Waals surface area contributed by atoms with Gasteiger partial charge in [0, 0.05) is 18.0 Å². The number of ketones is 1. The molecule has 146 valence electrons. The molecule has 0 radical (unpaired) electrons. The van der Waals surface area contributed by atoms with Crippen molar-refractivity contribution in [2.75, 3.05) is 6.54 Å². The number of nitrogens with one attached hydrogen (secondary N) is 1. The molecular weight excluding hydrogens is 372 g/mol. The third-order valence-corrected chi connectivity index (χ3v) is 4.51. The van der Waals surface area contributed by atoms with E-state index in [1.165, 1.54) is 12.5 Å². The lowest BCUT2D eigenvalue weighted by atomic mass is 10.0. The van der Waals surface area contributed by atoms with Gasteiger partial charge >= 0.3 is 0 Å². The Labute approximate surface area is 165 Å². The number of nitrogens with zero attached hydrogens (tertiary/aromatic N) is 4. The number of carbonyl (C=O) groups excluding carboxylic acids is 2. The summed E-state index contributed by atoms with van der Waals surface area (Å²) in [5.41, 5.74) is 7.00. The summed E-state index contributed by atoms with van der Waals surface area (Å²) in [6.07, 6.45) is 4.69. The number of nitrogens with two attached hydrogens (primary N) is 1. The second-order valence-electron chi connectivity index (χ2n) is 6.36. The highest BCUT2D eigenvalue weighted by Gasteiger charge is 2.25. The first-order valence-corrected chi connectivity index (χ1v) is 8.98. The zero-order valence-corrected chi connectivity index (χ0v) is 15.4. The summed E-state index contributed by atoms with van der Waals surface area (Å²) in [5.74, 6) is -0.235. The summed E-state index contributed by atoms with van der Waals surface area (Å²) < 4.78 is 6.84. The number of Topliss-reactive ketones (excluding diaryl/α,β-unsaturated/α-hetero) is 1. The number of hydrogen-bond donors (Lipinski definition) is 2. The van der Waals surface area contributed by atoms with E-state index in [2.05, 4.69) is 20.4 Å². The van der Waals surface area contributed by atoms with E-state index in [0.717, 1.165) is 5.39 Å². The van der Waals surface area contributed by atoms with Gasteiger partial charge in [-0.3, -0.25) is 14.2 Å². The molecule has 1 atom stereocenters. The molecule has 9 heteroatoms. The van der Waals surface area contributed by atoms with Crippen molar-refractivity contribution in [2.24, 2.45) is 5.73 Å². The molecule has 1 aromatic carbocycles. The molecule has 0 aliphatic carbocycles. The molecule has 4 rings (SSSR count). The van der Waals surface area contributed by atoms with Crippen LogP contribution in [0.5, 0.6) is 0 Å². The summed E-state index contributed by atoms with van der Waals surface area (Å²) in [6, 6.07) is 11.8. The van der Waals surface area contributed by atoms with Gasteiger partial charge in [0.15, 0.2) is 11.4 Å². The number of amides is 1. The van der Waals surface area contributed by atoms with E-state index in [1.807, 2.05) is 18.2 Å². The van der Waals surface area contributed by atoms with Crippen LogP contribution in [0.1, 0.15) is 16.2 Å². The molecule has 0 aliphatic heterocycles. The lowest BCUT2D eigenvalue weighted by molar-refractivity contribution is -0.119. The molecule has 1 unspecified atom stereocenters. The maximum Gasteiger partial charge on any atom is 0.270 e. The maximum atomic E-state index is 12.9. The van der Waals surface area contributed by atoms with E-state index in [9.17, 15) is 9.59 Å². The van der Waals surface area contributed by atoms with Crippen LogP contribution in [-0.4, -0.2) is 44.0 Å². The average molecular weight is 390 g/mol. The molecule has 0 spiro atoms. The first-order valence-electron chi connectivity index (χ1n) is 8.98. The second-order valence-corrected chi connectivity index (χ2v) is 6.36. The van der Waals surface area contributed by atoms with Gasteiger partial charge in [0.1, 0.15) is 17.8 Å². The van der Waals surface area contributed by atoms with Crippen LogP contribution in [0.2, 0.25) is 0 Å². The van der Waals surface area contributed by atoms with Crippen molar-refractivity contribution in [3.63, 3.8) is 0 Å². The van der Waals surface area contributed by atoms with Gasteiger partial charge in [0.05, 0.1) is 24.5 Å². The standard InChI is InChI=1S/C20H18N6O3/c21-10-17(27)15(9-14-13-5-1-2-6-18(13)29-25-14)24-20(28)16-11-22-12-26(16)19-7-3-4-8-23-19/h1-8,11-12,15H,9-10,21H2,(H,24,28). The van der Waals surface area contributed by atoms with Gasteiger partial charge in [-0.15, -0.1) is 0 Å². The fourth-order valence-electron chi connectivity index (χ4n) is 3.04. The molecule has 0 bridgehead atoms. The summed E-state index contributed by atoms with van der Waals surface area (Å²) in [6.45, 7) is -0.208. The first-order chi connectivity index (χ1) is 14.2. The minimum atomic E-state index is -0.854. The molecular formula is C20H18N6O3. The van der Waals surface area contributed by atoms with Gasteiger partial charge in [-0.2, -0.15) is 0 Å². The number of fused-ring (bicyclic) bond motifs is 1. The van der Waals surface area contributed by atoms with Crippen LogP contribution in [0.4, 0.5) is 0 Å². The third kappa shape index (κ3) is 3.76. The Bertz CT molecular complexity index is 1150. The number of imidazole rings is 1. The molecule has 3 heterocycles. The summed E-state index contributed by atoms with van der Waals surface area (Å²) >= 11 is 0. The van der Waals surface area contributed by atoms with E-state index < -0.39 is 11.9 Å². The molecule has 29 heavy (non-hydrogen) atoms. The second kappa shape index (κ2) is 8.03. The van der Waals surface area contributed by atoms with Crippen LogP contribution >= 0.6 is 0 Å². The highest BCUT2D eigenvalue weighted by atomic mass is 16.5. The van der Waals surface area contributed by atoms with Crippen molar-refractivity contribution in [1.29, 1.82) is 0 Å². The van der Waals surface area contributed by atoms with Gasteiger partial charge in [0.25, 0.3) is 5.91 Å². The minimum absolute atomic E-state index is 0.163. The predicted molar refractivity (Wildman–Crippen MR) is 104 cm³/mol. The molecule has 3 aromatic heterocycles. The molecule has 0 saturated heterocycles. The number of hydrogen-bond acceptors (Lipinski definition) is 7. The normalized spacial score (nSPS) is 12.0. The molecule has 1 amide bonds. The van der Waals surface area contributed by atoms with Gasteiger partial charge < -0.3 is 15.6 Å². The van der Waals surface area contributed by atoms with Gasteiger partial charge in [-0.05, 0) is 24.3 Å². The Morgan fingerprint density at radius 1 is 1.17 bits per heavy atom. The van der Waals surface area contributed by atoms with Gasteiger partial charge in [0.2, 0.25) is 0 Å². The fourth-order valence-corrected chi connectivity index (χ4v) is 3.04. The number of para-hydroxylation sites is 1. The molecule has 0 saturated carbocycles. The van der Waals surface area contributed by atoms with Crippen molar-refractivity contribution >= 4 is 22.7 Å². The van der Waals surface area contributed by atoms with E-state index in [0.29, 0.717) is 17.1 Å². The fraction of sp³-hybridized carbons (Fsp3) is 0.150. The number of benzene rings is 1. The Kier molecular flexibility index (Phi) is 5.12. The smallest absolute Gasteiger partial charge is 0.270 e. The number of carbonyl (C=O) groups is 2. The highest BCUT2D eigenvalue weighted by Crippen LogP contribution is 2.19. The molecule has 9 nitrogen and oxygen atoms in total. The zero-order chi connectivity index (χ0) is 20.2. The van der Waals surface area contributed by atoms with Crippen LogP contribution in [0.25, 0.3) is 16.8 Å². The van der Waals surface area contributed by atoms with Crippen LogP contribution in [0, 0.1) is 0 Å². The van der Waals surface area contributed by atoms with Crippen molar-refractivity contribution in [1.82, 2.24) is 25.0 Å². The summed E-state index contributed by atoms with van der Waals surface area (Å²) in [5, 5.41) is 7.57. The van der Waals surface area contributed by atoms with Crippen molar-refractivity contribution in [3.8, 4) is 5.82 Å². The topological polar surface area (TPSA) is 129 Å². The van der Waals surface area contributed by atoms with Crippen molar-refractivity contribution < 1.29 is 14.1 Å². The monoisotopic (exact) mass is 390 g/mol. The number of aromatic nitrogens is 4. The quantitative estimate of drug-likeness (QED) is 0.486. The highest BCUT2D eigenvalue weighted by molar-refractivity contribution is 5.97. The van der Waals surface area contributed by atoms with Gasteiger partial charge in [-0.1, -0.05) is 23.4 Å². The predicted octanol–water partition coefficient (Wildman–Crippen LogP) is 1.28. The van der Waals surface area contributed by atoms with E-state index >= 15 is 0 Å². The lowest BCUT2D eigenvalue weighted by Gasteiger charge is -2.16. The third-order valence-electron chi connectivity index (χ3n) is 4.51. The maximum absolute atomic E-state index is 12.9. The Morgan fingerprint density at radius 3 is 2.79 bits per heavy atom. The van der Waals surface area contributed by atoms with Crippen molar-refractivity contribution in [3.05, 3.63) is 72.6 Å². The largest absolute Gasteiger partial charge is 0.356 e. The van der Waals surface area contributed by atoms with Crippen LogP contribution in [-0.2, 0) is 11.2 Å². The first kappa shape index (κ1) is 18.5. The van der Waals surface area contributed by atoms with Crippen LogP contribution < -0.4 is 11.1 Å². The lowest BCUT2D eigenvalue weighted by Crippen LogP contribution is -2.45. The van der Waals surface area contributed by atoms with Crippen LogP contribution in [0.3, 0.4) is 0 Å². The van der Waals surface area contributed by atoms with Gasteiger partial charge in [-0.25, -0.2) is 9.97 Å². The molecule has 0 fully saturated rings. The average Bonchev–Trinajstić information content (AvgIpc) is 3.41. The Balaban J connectivity index is 1.59. The van der Waals surface area contributed by atoms with E-state index in [4.69, 9.17) is 10.3 Å².